The van der Waals surface area contributed by atoms with Crippen LogP contribution in [0, 0.1) is 6.92 Å². The summed E-state index contributed by atoms with van der Waals surface area (Å²) in [4.78, 5) is 7.12. The van der Waals surface area contributed by atoms with Crippen molar-refractivity contribution < 1.29 is 0 Å². The van der Waals surface area contributed by atoms with Crippen LogP contribution in [0.3, 0.4) is 0 Å². The number of imidazole rings is 1. The van der Waals surface area contributed by atoms with Crippen LogP contribution in [0.1, 0.15) is 4.88 Å². The van der Waals surface area contributed by atoms with Crippen molar-refractivity contribution in [1.29, 1.82) is 0 Å². The summed E-state index contributed by atoms with van der Waals surface area (Å²) in [5.74, 6) is 0. The number of hydrogen-bond acceptors (Lipinski definition) is 2. The molecule has 0 aliphatic carbocycles. The second kappa shape index (κ2) is 3.21. The van der Waals surface area contributed by atoms with Crippen molar-refractivity contribution in [2.45, 2.75) is 6.92 Å². The molecule has 0 aromatic carbocycles. The molecule has 0 spiro atoms. The molecule has 3 aromatic heterocycles. The van der Waals surface area contributed by atoms with E-state index in [1.54, 1.807) is 11.3 Å². The van der Waals surface area contributed by atoms with E-state index in [1.807, 2.05) is 28.8 Å². The van der Waals surface area contributed by atoms with Crippen LogP contribution < -0.4 is 0 Å². The maximum absolute atomic E-state index is 4.57. The molecule has 0 aliphatic heterocycles. The highest BCUT2D eigenvalue weighted by molar-refractivity contribution is 7.15. The minimum atomic E-state index is 0.999. The van der Waals surface area contributed by atoms with Crippen LogP contribution >= 0.6 is 11.3 Å². The molecule has 0 bridgehead atoms. The zero-order valence-electron chi connectivity index (χ0n) is 8.34. The number of pyridine rings is 1. The third-order valence-electron chi connectivity index (χ3n) is 2.36. The highest BCUT2D eigenvalue weighted by Gasteiger charge is 2.05. The zero-order chi connectivity index (χ0) is 10.3. The molecule has 0 saturated heterocycles. The number of rotatable bonds is 1. The van der Waals surface area contributed by atoms with Gasteiger partial charge in [0.15, 0.2) is 0 Å². The molecule has 0 N–H and O–H groups in total. The van der Waals surface area contributed by atoms with Gasteiger partial charge in [-0.2, -0.15) is 0 Å². The Balaban J connectivity index is 2.19. The lowest BCUT2D eigenvalue weighted by molar-refractivity contribution is 1.19. The maximum atomic E-state index is 4.57. The molecule has 3 rings (SSSR count). The van der Waals surface area contributed by atoms with Crippen LogP contribution in [0.5, 0.6) is 0 Å². The average molecular weight is 214 g/mol. The van der Waals surface area contributed by atoms with Gasteiger partial charge in [0.05, 0.1) is 10.6 Å². The van der Waals surface area contributed by atoms with Gasteiger partial charge in [-0.25, -0.2) is 4.98 Å². The molecule has 15 heavy (non-hydrogen) atoms. The number of aromatic nitrogens is 2. The fourth-order valence-electron chi connectivity index (χ4n) is 1.63. The first-order valence-electron chi connectivity index (χ1n) is 4.83. The van der Waals surface area contributed by atoms with Crippen LogP contribution in [-0.2, 0) is 0 Å². The Labute approximate surface area is 91.8 Å². The Kier molecular flexibility index (Phi) is 1.86. The van der Waals surface area contributed by atoms with Crippen LogP contribution in [0.2, 0.25) is 0 Å². The van der Waals surface area contributed by atoms with Crippen LogP contribution in [0.4, 0.5) is 0 Å². The summed E-state index contributed by atoms with van der Waals surface area (Å²) in [6.45, 7) is 2.12. The topological polar surface area (TPSA) is 17.3 Å². The summed E-state index contributed by atoms with van der Waals surface area (Å²) >= 11 is 1.78. The van der Waals surface area contributed by atoms with Crippen LogP contribution in [0.15, 0.2) is 42.7 Å². The first kappa shape index (κ1) is 8.68. The van der Waals surface area contributed by atoms with E-state index >= 15 is 0 Å². The molecule has 3 heteroatoms. The van der Waals surface area contributed by atoms with Gasteiger partial charge >= 0.3 is 0 Å². The minimum Gasteiger partial charge on any atom is -0.306 e. The molecule has 0 unspecified atom stereocenters. The van der Waals surface area contributed by atoms with E-state index in [0.717, 1.165) is 11.3 Å². The molecule has 74 valence electrons. The van der Waals surface area contributed by atoms with Gasteiger partial charge in [-0.05, 0) is 31.2 Å². The van der Waals surface area contributed by atoms with E-state index in [4.69, 9.17) is 0 Å². The molecule has 3 heterocycles. The average Bonchev–Trinajstić information content (AvgIpc) is 2.82. The lowest BCUT2D eigenvalue weighted by Crippen LogP contribution is -1.77. The molecular weight excluding hydrogens is 204 g/mol. The molecular formula is C12H10N2S. The predicted octanol–water partition coefficient (Wildman–Crippen LogP) is 3.37. The molecule has 0 aliphatic rings. The number of fused-ring (bicyclic) bond motifs is 1. The number of hydrogen-bond donors (Lipinski definition) is 0. The van der Waals surface area contributed by atoms with E-state index < -0.39 is 0 Å². The van der Waals surface area contributed by atoms with Gasteiger partial charge in [0.2, 0.25) is 0 Å². The highest BCUT2D eigenvalue weighted by Crippen LogP contribution is 2.26. The third kappa shape index (κ3) is 1.45. The SMILES string of the molecule is Cc1ccc(-c2cn3ccccc3n2)s1. The molecule has 0 atom stereocenters. The van der Waals surface area contributed by atoms with Crippen LogP contribution in [0.25, 0.3) is 16.2 Å². The van der Waals surface area contributed by atoms with Crippen molar-refractivity contribution in [3.8, 4) is 10.6 Å². The first-order valence-corrected chi connectivity index (χ1v) is 5.65. The van der Waals surface area contributed by atoms with E-state index in [2.05, 4.69) is 30.2 Å². The lowest BCUT2D eigenvalue weighted by Gasteiger charge is -1.86. The fraction of sp³-hybridized carbons (Fsp3) is 0.0833. The minimum absolute atomic E-state index is 0.999. The lowest BCUT2D eigenvalue weighted by atomic mass is 10.4. The van der Waals surface area contributed by atoms with Gasteiger partial charge in [-0.3, -0.25) is 0 Å². The Bertz CT molecular complexity index is 574. The normalized spacial score (nSPS) is 11.0. The third-order valence-corrected chi connectivity index (χ3v) is 3.38. The van der Waals surface area contributed by atoms with E-state index in [1.165, 1.54) is 9.75 Å². The Morgan fingerprint density at radius 1 is 1.20 bits per heavy atom. The second-order valence-electron chi connectivity index (χ2n) is 3.50. The highest BCUT2D eigenvalue weighted by atomic mass is 32.1. The number of nitrogens with zero attached hydrogens (tertiary/aromatic N) is 2. The maximum Gasteiger partial charge on any atom is 0.137 e. The summed E-state index contributed by atoms with van der Waals surface area (Å²) in [5, 5.41) is 0. The van der Waals surface area contributed by atoms with Gasteiger partial charge in [0, 0.05) is 17.3 Å². The standard InChI is InChI=1S/C12H10N2S/c1-9-5-6-11(15-9)10-8-14-7-3-2-4-12(14)13-10/h2-8H,1H3. The molecule has 2 nitrogen and oxygen atoms in total. The van der Waals surface area contributed by atoms with Crippen molar-refractivity contribution in [2.75, 3.05) is 0 Å². The molecule has 0 fully saturated rings. The molecule has 0 amide bonds. The summed E-state index contributed by atoms with van der Waals surface area (Å²) in [7, 11) is 0. The number of thiophene rings is 1. The van der Waals surface area contributed by atoms with Gasteiger partial charge in [0.1, 0.15) is 5.65 Å². The molecule has 0 saturated carbocycles. The van der Waals surface area contributed by atoms with E-state index in [0.29, 0.717) is 0 Å². The number of aryl methyl sites for hydroxylation is 1. The fourth-order valence-corrected chi connectivity index (χ4v) is 2.45. The summed E-state index contributed by atoms with van der Waals surface area (Å²) < 4.78 is 2.05. The summed E-state index contributed by atoms with van der Waals surface area (Å²) in [6, 6.07) is 10.3. The monoisotopic (exact) mass is 214 g/mol. The Hall–Kier alpha value is -1.61. The quantitative estimate of drug-likeness (QED) is 0.607. The van der Waals surface area contributed by atoms with E-state index in [-0.39, 0.29) is 0 Å². The largest absolute Gasteiger partial charge is 0.306 e. The van der Waals surface area contributed by atoms with E-state index in [9.17, 15) is 0 Å². The summed E-state index contributed by atoms with van der Waals surface area (Å²) in [5.41, 5.74) is 2.05. The second-order valence-corrected chi connectivity index (χ2v) is 4.79. The Morgan fingerprint density at radius 3 is 2.87 bits per heavy atom. The smallest absolute Gasteiger partial charge is 0.137 e. The Morgan fingerprint density at radius 2 is 2.13 bits per heavy atom. The van der Waals surface area contributed by atoms with Crippen molar-refractivity contribution in [1.82, 2.24) is 9.38 Å². The van der Waals surface area contributed by atoms with Crippen molar-refractivity contribution in [3.05, 3.63) is 47.6 Å². The predicted molar refractivity (Wildman–Crippen MR) is 63.2 cm³/mol. The first-order chi connectivity index (χ1) is 7.33. The van der Waals surface area contributed by atoms with Crippen molar-refractivity contribution >= 4 is 17.0 Å². The zero-order valence-corrected chi connectivity index (χ0v) is 9.16. The molecule has 0 radical (unpaired) electrons. The van der Waals surface area contributed by atoms with Gasteiger partial charge in [-0.1, -0.05) is 6.07 Å². The molecule has 3 aromatic rings. The van der Waals surface area contributed by atoms with Gasteiger partial charge in [-0.15, -0.1) is 11.3 Å². The van der Waals surface area contributed by atoms with Crippen molar-refractivity contribution in [2.24, 2.45) is 0 Å². The van der Waals surface area contributed by atoms with Crippen LogP contribution in [-0.4, -0.2) is 9.38 Å². The summed E-state index contributed by atoms with van der Waals surface area (Å²) in [6.07, 6.45) is 4.09. The van der Waals surface area contributed by atoms with Gasteiger partial charge in [0.25, 0.3) is 0 Å². The van der Waals surface area contributed by atoms with Crippen molar-refractivity contribution in [3.63, 3.8) is 0 Å². The van der Waals surface area contributed by atoms with Gasteiger partial charge < -0.3 is 4.40 Å².